The maximum absolute atomic E-state index is 12.5. The van der Waals surface area contributed by atoms with Crippen LogP contribution in [0.15, 0.2) is 72.8 Å². The lowest BCUT2D eigenvalue weighted by Crippen LogP contribution is -2.27. The first-order valence-electron chi connectivity index (χ1n) is 8.04. The molecule has 1 N–H and O–H groups in total. The first-order chi connectivity index (χ1) is 11.6. The molecule has 1 heterocycles. The molecule has 1 amide bonds. The molecule has 3 aromatic rings. The number of pyridine rings is 1. The van der Waals surface area contributed by atoms with E-state index in [4.69, 9.17) is 0 Å². The summed E-state index contributed by atoms with van der Waals surface area (Å²) in [5.74, 6) is -0.101. The fourth-order valence-corrected chi connectivity index (χ4v) is 2.67. The summed E-state index contributed by atoms with van der Waals surface area (Å²) < 4.78 is 0. The van der Waals surface area contributed by atoms with E-state index in [-0.39, 0.29) is 11.9 Å². The van der Waals surface area contributed by atoms with Crippen LogP contribution in [0.3, 0.4) is 0 Å². The molecule has 1 atom stereocenters. The van der Waals surface area contributed by atoms with Gasteiger partial charge in [-0.05, 0) is 31.5 Å². The third-order valence-corrected chi connectivity index (χ3v) is 4.05. The van der Waals surface area contributed by atoms with Gasteiger partial charge in [-0.25, -0.2) is 0 Å². The van der Waals surface area contributed by atoms with Crippen molar-refractivity contribution in [2.45, 2.75) is 19.9 Å². The number of hydrogen-bond acceptors (Lipinski definition) is 2. The minimum Gasteiger partial charge on any atom is -0.345 e. The quantitative estimate of drug-likeness (QED) is 0.767. The smallest absolute Gasteiger partial charge is 0.253 e. The van der Waals surface area contributed by atoms with Crippen molar-refractivity contribution in [2.75, 3.05) is 0 Å². The van der Waals surface area contributed by atoms with Gasteiger partial charge in [-0.3, -0.25) is 9.78 Å². The number of amides is 1. The number of rotatable bonds is 4. The van der Waals surface area contributed by atoms with Crippen molar-refractivity contribution < 1.29 is 4.79 Å². The second-order valence-electron chi connectivity index (χ2n) is 5.80. The average molecular weight is 316 g/mol. The normalized spacial score (nSPS) is 11.8. The Morgan fingerprint density at radius 1 is 0.917 bits per heavy atom. The van der Waals surface area contributed by atoms with Crippen LogP contribution in [0.4, 0.5) is 0 Å². The zero-order valence-electron chi connectivity index (χ0n) is 13.9. The monoisotopic (exact) mass is 316 g/mol. The molecular formula is C21H20N2O. The molecule has 2 aromatic carbocycles. The van der Waals surface area contributed by atoms with Gasteiger partial charge in [0.05, 0.1) is 23.0 Å². The van der Waals surface area contributed by atoms with Gasteiger partial charge in [0.1, 0.15) is 0 Å². The van der Waals surface area contributed by atoms with Crippen LogP contribution in [0, 0.1) is 6.92 Å². The summed E-state index contributed by atoms with van der Waals surface area (Å²) in [5.41, 5.74) is 4.34. The van der Waals surface area contributed by atoms with Gasteiger partial charge in [-0.15, -0.1) is 0 Å². The molecule has 0 aliphatic rings. The molecule has 24 heavy (non-hydrogen) atoms. The van der Waals surface area contributed by atoms with Crippen molar-refractivity contribution >= 4 is 5.91 Å². The van der Waals surface area contributed by atoms with Crippen LogP contribution < -0.4 is 5.32 Å². The van der Waals surface area contributed by atoms with Gasteiger partial charge in [0.15, 0.2) is 0 Å². The topological polar surface area (TPSA) is 42.0 Å². The Kier molecular flexibility index (Phi) is 4.71. The Morgan fingerprint density at radius 3 is 2.17 bits per heavy atom. The molecule has 120 valence electrons. The number of benzene rings is 2. The van der Waals surface area contributed by atoms with Crippen LogP contribution in [0.25, 0.3) is 11.3 Å². The van der Waals surface area contributed by atoms with Crippen LogP contribution in [0.5, 0.6) is 0 Å². The minimum absolute atomic E-state index is 0.0492. The van der Waals surface area contributed by atoms with E-state index in [9.17, 15) is 4.79 Å². The second-order valence-corrected chi connectivity index (χ2v) is 5.80. The number of aryl methyl sites for hydroxylation is 1. The molecule has 0 bridgehead atoms. The molecule has 0 aliphatic carbocycles. The third kappa shape index (κ3) is 3.51. The molecule has 0 spiro atoms. The standard InChI is InChI=1S/C21H20N2O/c1-15(17-9-5-3-6-10-17)23-21(24)19-13-14-20(22-16(19)2)18-11-7-4-8-12-18/h3-15H,1-2H3,(H,23,24)/t15-/m0/s1. The number of aromatic nitrogens is 1. The highest BCUT2D eigenvalue weighted by atomic mass is 16.1. The molecular weight excluding hydrogens is 296 g/mol. The number of carbonyl (C=O) groups is 1. The van der Waals surface area contributed by atoms with Crippen molar-refractivity contribution in [3.63, 3.8) is 0 Å². The van der Waals surface area contributed by atoms with Crippen LogP contribution >= 0.6 is 0 Å². The molecule has 3 nitrogen and oxygen atoms in total. The Balaban J connectivity index is 1.78. The number of nitrogens with one attached hydrogen (secondary N) is 1. The Hall–Kier alpha value is -2.94. The van der Waals surface area contributed by atoms with Crippen LogP contribution in [0.1, 0.15) is 34.6 Å². The maximum atomic E-state index is 12.5. The van der Waals surface area contributed by atoms with E-state index in [2.05, 4.69) is 10.3 Å². The van der Waals surface area contributed by atoms with E-state index in [1.807, 2.05) is 86.6 Å². The number of carbonyl (C=O) groups excluding carboxylic acids is 1. The van der Waals surface area contributed by atoms with Crippen LogP contribution in [-0.4, -0.2) is 10.9 Å². The van der Waals surface area contributed by atoms with Crippen molar-refractivity contribution in [1.29, 1.82) is 0 Å². The van der Waals surface area contributed by atoms with Gasteiger partial charge >= 0.3 is 0 Å². The molecule has 0 unspecified atom stereocenters. The predicted molar refractivity (Wildman–Crippen MR) is 96.7 cm³/mol. The SMILES string of the molecule is Cc1nc(-c2ccccc2)ccc1C(=O)N[C@@H](C)c1ccccc1. The lowest BCUT2D eigenvalue weighted by Gasteiger charge is -2.15. The zero-order chi connectivity index (χ0) is 16.9. The molecule has 0 saturated heterocycles. The summed E-state index contributed by atoms with van der Waals surface area (Å²) in [6, 6.07) is 23.6. The summed E-state index contributed by atoms with van der Waals surface area (Å²) in [6.07, 6.45) is 0. The summed E-state index contributed by atoms with van der Waals surface area (Å²) in [5, 5.41) is 3.03. The maximum Gasteiger partial charge on any atom is 0.253 e. The average Bonchev–Trinajstić information content (AvgIpc) is 2.63. The van der Waals surface area contributed by atoms with Gasteiger partial charge in [-0.2, -0.15) is 0 Å². The van der Waals surface area contributed by atoms with E-state index in [1.165, 1.54) is 0 Å². The minimum atomic E-state index is -0.101. The highest BCUT2D eigenvalue weighted by molar-refractivity contribution is 5.95. The van der Waals surface area contributed by atoms with Gasteiger partial charge in [0.2, 0.25) is 0 Å². The van der Waals surface area contributed by atoms with Gasteiger partial charge in [0.25, 0.3) is 5.91 Å². The number of hydrogen-bond donors (Lipinski definition) is 1. The van der Waals surface area contributed by atoms with Gasteiger partial charge in [0, 0.05) is 5.56 Å². The van der Waals surface area contributed by atoms with Crippen LogP contribution in [-0.2, 0) is 0 Å². The van der Waals surface area contributed by atoms with Crippen molar-refractivity contribution in [3.8, 4) is 11.3 Å². The summed E-state index contributed by atoms with van der Waals surface area (Å²) >= 11 is 0. The summed E-state index contributed by atoms with van der Waals surface area (Å²) in [6.45, 7) is 3.85. The summed E-state index contributed by atoms with van der Waals surface area (Å²) in [7, 11) is 0. The fourth-order valence-electron chi connectivity index (χ4n) is 2.67. The Labute approximate surface area is 142 Å². The predicted octanol–water partition coefficient (Wildman–Crippen LogP) is 4.55. The van der Waals surface area contributed by atoms with Crippen molar-refractivity contribution in [2.24, 2.45) is 0 Å². The van der Waals surface area contributed by atoms with E-state index in [1.54, 1.807) is 0 Å². The molecule has 0 saturated carbocycles. The summed E-state index contributed by atoms with van der Waals surface area (Å²) in [4.78, 5) is 17.1. The van der Waals surface area contributed by atoms with Crippen molar-refractivity contribution in [3.05, 3.63) is 89.6 Å². The first kappa shape index (κ1) is 15.9. The Bertz CT molecular complexity index is 829. The molecule has 0 fully saturated rings. The zero-order valence-corrected chi connectivity index (χ0v) is 13.9. The molecule has 1 aromatic heterocycles. The van der Waals surface area contributed by atoms with E-state index in [0.29, 0.717) is 5.56 Å². The molecule has 0 radical (unpaired) electrons. The molecule has 0 aliphatic heterocycles. The van der Waals surface area contributed by atoms with Gasteiger partial charge < -0.3 is 5.32 Å². The van der Waals surface area contributed by atoms with Crippen LogP contribution in [0.2, 0.25) is 0 Å². The number of nitrogens with zero attached hydrogens (tertiary/aromatic N) is 1. The van der Waals surface area contributed by atoms with E-state index < -0.39 is 0 Å². The highest BCUT2D eigenvalue weighted by Crippen LogP contribution is 2.19. The van der Waals surface area contributed by atoms with E-state index in [0.717, 1.165) is 22.5 Å². The highest BCUT2D eigenvalue weighted by Gasteiger charge is 2.14. The lowest BCUT2D eigenvalue weighted by molar-refractivity contribution is 0.0939. The largest absolute Gasteiger partial charge is 0.345 e. The fraction of sp³-hybridized carbons (Fsp3) is 0.143. The van der Waals surface area contributed by atoms with Crippen molar-refractivity contribution in [1.82, 2.24) is 10.3 Å². The Morgan fingerprint density at radius 2 is 1.54 bits per heavy atom. The first-order valence-corrected chi connectivity index (χ1v) is 8.04. The molecule has 3 heteroatoms. The van der Waals surface area contributed by atoms with E-state index >= 15 is 0 Å². The second kappa shape index (κ2) is 7.09. The molecule has 3 rings (SSSR count). The van der Waals surface area contributed by atoms with Gasteiger partial charge in [-0.1, -0.05) is 60.7 Å². The lowest BCUT2D eigenvalue weighted by atomic mass is 10.1. The third-order valence-electron chi connectivity index (χ3n) is 4.05.